The molecule has 0 unspecified atom stereocenters. The molecule has 0 spiro atoms. The molecule has 6 nitrogen and oxygen atoms in total. The summed E-state index contributed by atoms with van der Waals surface area (Å²) in [7, 11) is 0. The van der Waals surface area contributed by atoms with Crippen LogP contribution in [0.25, 0.3) is 5.65 Å². The summed E-state index contributed by atoms with van der Waals surface area (Å²) in [6, 6.07) is 0. The molecule has 2 aromatic heterocycles. The van der Waals surface area contributed by atoms with Gasteiger partial charge in [-0.15, -0.1) is 0 Å². The second-order valence-corrected chi connectivity index (χ2v) is 4.81. The third-order valence-corrected chi connectivity index (χ3v) is 3.43. The van der Waals surface area contributed by atoms with Crippen LogP contribution in [0.4, 0.5) is 0 Å². The van der Waals surface area contributed by atoms with Gasteiger partial charge >= 0.3 is 0 Å². The molecule has 19 heavy (non-hydrogen) atoms. The summed E-state index contributed by atoms with van der Waals surface area (Å²) in [5, 5.41) is 2.94. The van der Waals surface area contributed by atoms with Crippen LogP contribution in [-0.4, -0.2) is 44.8 Å². The van der Waals surface area contributed by atoms with Gasteiger partial charge in [0.25, 0.3) is 0 Å². The first-order valence-corrected chi connectivity index (χ1v) is 6.58. The Kier molecular flexibility index (Phi) is 3.41. The first-order valence-electron chi connectivity index (χ1n) is 6.58. The van der Waals surface area contributed by atoms with Crippen LogP contribution in [-0.2, 0) is 11.3 Å². The van der Waals surface area contributed by atoms with E-state index in [0.29, 0.717) is 13.1 Å². The molecule has 1 aliphatic rings. The van der Waals surface area contributed by atoms with E-state index in [4.69, 9.17) is 0 Å². The van der Waals surface area contributed by atoms with Gasteiger partial charge in [-0.05, 0) is 25.9 Å². The predicted molar refractivity (Wildman–Crippen MR) is 70.5 cm³/mol. The highest BCUT2D eigenvalue weighted by Crippen LogP contribution is 2.07. The van der Waals surface area contributed by atoms with Crippen molar-refractivity contribution in [1.82, 2.24) is 24.6 Å². The van der Waals surface area contributed by atoms with Crippen LogP contribution in [0.5, 0.6) is 0 Å². The topological polar surface area (TPSA) is 62.5 Å². The molecule has 1 fully saturated rings. The molecule has 2 aromatic rings. The first kappa shape index (κ1) is 12.1. The second-order valence-electron chi connectivity index (χ2n) is 4.81. The van der Waals surface area contributed by atoms with E-state index in [-0.39, 0.29) is 5.91 Å². The smallest absolute Gasteiger partial charge is 0.234 e. The summed E-state index contributed by atoms with van der Waals surface area (Å²) in [5.41, 5.74) is 1.76. The normalized spacial score (nSPS) is 16.0. The number of hydrogen-bond donors (Lipinski definition) is 1. The van der Waals surface area contributed by atoms with Crippen molar-refractivity contribution in [1.29, 1.82) is 0 Å². The fourth-order valence-corrected chi connectivity index (χ4v) is 2.41. The van der Waals surface area contributed by atoms with Crippen molar-refractivity contribution in [2.24, 2.45) is 0 Å². The van der Waals surface area contributed by atoms with Gasteiger partial charge in [-0.2, -0.15) is 0 Å². The van der Waals surface area contributed by atoms with Crippen molar-refractivity contribution >= 4 is 11.6 Å². The first-order chi connectivity index (χ1) is 9.33. The number of nitrogens with one attached hydrogen (secondary N) is 1. The van der Waals surface area contributed by atoms with Gasteiger partial charge in [0.2, 0.25) is 5.91 Å². The predicted octanol–water partition coefficient (Wildman–Crippen LogP) is 0.441. The van der Waals surface area contributed by atoms with Crippen LogP contribution in [0.2, 0.25) is 0 Å². The molecule has 0 bridgehead atoms. The molecule has 6 heteroatoms. The van der Waals surface area contributed by atoms with Gasteiger partial charge in [-0.3, -0.25) is 19.1 Å². The fraction of sp³-hybridized carbons (Fsp3) is 0.462. The second kappa shape index (κ2) is 5.36. The Morgan fingerprint density at radius 1 is 1.32 bits per heavy atom. The molecule has 1 N–H and O–H groups in total. The molecule has 1 aliphatic heterocycles. The van der Waals surface area contributed by atoms with Gasteiger partial charge in [0.05, 0.1) is 31.2 Å². The Morgan fingerprint density at radius 3 is 3.00 bits per heavy atom. The van der Waals surface area contributed by atoms with Crippen LogP contribution < -0.4 is 5.32 Å². The zero-order valence-corrected chi connectivity index (χ0v) is 10.7. The van der Waals surface area contributed by atoms with Gasteiger partial charge in [-0.25, -0.2) is 4.98 Å². The van der Waals surface area contributed by atoms with E-state index in [2.05, 4.69) is 20.2 Å². The molecule has 0 atom stereocenters. The zero-order chi connectivity index (χ0) is 13.1. The van der Waals surface area contributed by atoms with E-state index in [1.165, 1.54) is 12.8 Å². The Morgan fingerprint density at radius 2 is 2.16 bits per heavy atom. The highest BCUT2D eigenvalue weighted by atomic mass is 16.2. The molecule has 3 rings (SSSR count). The Labute approximate surface area is 111 Å². The number of rotatable bonds is 4. The number of carbonyl (C=O) groups is 1. The van der Waals surface area contributed by atoms with Crippen LogP contribution in [0, 0.1) is 0 Å². The molecule has 0 aliphatic carbocycles. The minimum Gasteiger partial charge on any atom is -0.349 e. The molecule has 1 saturated heterocycles. The lowest BCUT2D eigenvalue weighted by Gasteiger charge is -2.13. The van der Waals surface area contributed by atoms with E-state index in [1.807, 2.05) is 10.6 Å². The van der Waals surface area contributed by atoms with Gasteiger partial charge in [0.1, 0.15) is 0 Å². The lowest BCUT2D eigenvalue weighted by molar-refractivity contribution is -0.122. The van der Waals surface area contributed by atoms with Crippen LogP contribution in [0.15, 0.2) is 24.8 Å². The lowest BCUT2D eigenvalue weighted by Crippen LogP contribution is -2.35. The highest BCUT2D eigenvalue weighted by molar-refractivity contribution is 5.78. The van der Waals surface area contributed by atoms with E-state index < -0.39 is 0 Å². The molecule has 100 valence electrons. The summed E-state index contributed by atoms with van der Waals surface area (Å²) in [6.45, 7) is 3.07. The van der Waals surface area contributed by atoms with Crippen molar-refractivity contribution in [3.05, 3.63) is 30.5 Å². The maximum absolute atomic E-state index is 11.8. The molecular formula is C13H17N5O. The van der Waals surface area contributed by atoms with Gasteiger partial charge in [0.15, 0.2) is 5.65 Å². The molecule has 0 radical (unpaired) electrons. The fourth-order valence-electron chi connectivity index (χ4n) is 2.41. The van der Waals surface area contributed by atoms with Crippen LogP contribution >= 0.6 is 0 Å². The largest absolute Gasteiger partial charge is 0.349 e. The molecule has 0 aromatic carbocycles. The Balaban J connectivity index is 1.58. The standard InChI is InChI=1S/C13H17N5O/c19-13(10-17-4-1-2-5-17)16-8-11-7-15-12-9-14-3-6-18(11)12/h3,6-7,9H,1-2,4-5,8,10H2,(H,16,19). The number of hydrogen-bond acceptors (Lipinski definition) is 4. The maximum Gasteiger partial charge on any atom is 0.234 e. The summed E-state index contributed by atoms with van der Waals surface area (Å²) in [5.74, 6) is 0.0749. The van der Waals surface area contributed by atoms with Crippen molar-refractivity contribution in [3.8, 4) is 0 Å². The number of imidazole rings is 1. The van der Waals surface area contributed by atoms with Crippen LogP contribution in [0.1, 0.15) is 18.5 Å². The molecular weight excluding hydrogens is 242 g/mol. The summed E-state index contributed by atoms with van der Waals surface area (Å²) in [4.78, 5) is 22.3. The minimum atomic E-state index is 0.0749. The van der Waals surface area contributed by atoms with Crippen molar-refractivity contribution in [2.45, 2.75) is 19.4 Å². The van der Waals surface area contributed by atoms with Crippen molar-refractivity contribution in [3.63, 3.8) is 0 Å². The monoisotopic (exact) mass is 259 g/mol. The molecule has 0 saturated carbocycles. The third kappa shape index (κ3) is 2.73. The van der Waals surface area contributed by atoms with E-state index in [0.717, 1.165) is 24.4 Å². The number of fused-ring (bicyclic) bond motifs is 1. The number of nitrogens with zero attached hydrogens (tertiary/aromatic N) is 4. The Bertz CT molecular complexity index is 573. The Hall–Kier alpha value is -1.95. The SMILES string of the molecule is O=C(CN1CCCC1)NCc1cnc2cnccn12. The van der Waals surface area contributed by atoms with Gasteiger partial charge < -0.3 is 5.32 Å². The molecule has 1 amide bonds. The van der Waals surface area contributed by atoms with Gasteiger partial charge in [0, 0.05) is 12.4 Å². The van der Waals surface area contributed by atoms with E-state index >= 15 is 0 Å². The number of carbonyl (C=O) groups excluding carboxylic acids is 1. The summed E-state index contributed by atoms with van der Waals surface area (Å²) < 4.78 is 1.93. The highest BCUT2D eigenvalue weighted by Gasteiger charge is 2.15. The van der Waals surface area contributed by atoms with E-state index in [1.54, 1.807) is 18.6 Å². The quantitative estimate of drug-likeness (QED) is 0.865. The number of likely N-dealkylation sites (tertiary alicyclic amines) is 1. The van der Waals surface area contributed by atoms with Crippen molar-refractivity contribution in [2.75, 3.05) is 19.6 Å². The maximum atomic E-state index is 11.8. The van der Waals surface area contributed by atoms with E-state index in [9.17, 15) is 4.79 Å². The minimum absolute atomic E-state index is 0.0749. The number of aromatic nitrogens is 3. The summed E-state index contributed by atoms with van der Waals surface area (Å²) >= 11 is 0. The van der Waals surface area contributed by atoms with Gasteiger partial charge in [-0.1, -0.05) is 0 Å². The zero-order valence-electron chi connectivity index (χ0n) is 10.7. The van der Waals surface area contributed by atoms with Crippen molar-refractivity contribution < 1.29 is 4.79 Å². The lowest BCUT2D eigenvalue weighted by atomic mass is 10.4. The molecule has 3 heterocycles. The number of amides is 1. The average molecular weight is 259 g/mol. The summed E-state index contributed by atoms with van der Waals surface area (Å²) in [6.07, 6.45) is 9.44. The van der Waals surface area contributed by atoms with Crippen LogP contribution in [0.3, 0.4) is 0 Å². The third-order valence-electron chi connectivity index (χ3n) is 3.43. The average Bonchev–Trinajstić information content (AvgIpc) is 3.05.